The summed E-state index contributed by atoms with van der Waals surface area (Å²) in [5, 5.41) is 8.94. The van der Waals surface area contributed by atoms with Crippen molar-refractivity contribution in [2.45, 2.75) is 12.8 Å². The van der Waals surface area contributed by atoms with Crippen molar-refractivity contribution in [2.24, 2.45) is 0 Å². The molecule has 0 heterocycles. The van der Waals surface area contributed by atoms with Gasteiger partial charge in [-0.15, -0.1) is 0 Å². The highest BCUT2D eigenvalue weighted by atomic mass is 19.1. The summed E-state index contributed by atoms with van der Waals surface area (Å²) in [6.45, 7) is 0. The van der Waals surface area contributed by atoms with Gasteiger partial charge in [-0.3, -0.25) is 4.79 Å². The Morgan fingerprint density at radius 3 is 2.65 bits per heavy atom. The maximum absolute atomic E-state index is 13.2. The highest BCUT2D eigenvalue weighted by Gasteiger charge is 2.09. The second-order valence-electron chi connectivity index (χ2n) is 4.51. The van der Waals surface area contributed by atoms with Gasteiger partial charge in [-0.1, -0.05) is 18.2 Å². The largest absolute Gasteiger partial charge is 0.497 e. The van der Waals surface area contributed by atoms with Crippen molar-refractivity contribution in [3.8, 4) is 5.75 Å². The Hall–Kier alpha value is -2.36. The molecule has 0 radical (unpaired) electrons. The summed E-state index contributed by atoms with van der Waals surface area (Å²) in [5.74, 6) is -0.536. The van der Waals surface area contributed by atoms with Crippen LogP contribution in [0.3, 0.4) is 0 Å². The van der Waals surface area contributed by atoms with E-state index in [1.54, 1.807) is 31.4 Å². The summed E-state index contributed by atoms with van der Waals surface area (Å²) in [5.41, 5.74) is 2.34. The van der Waals surface area contributed by atoms with Crippen LogP contribution in [-0.4, -0.2) is 18.2 Å². The molecule has 0 aromatic heterocycles. The first-order chi connectivity index (χ1) is 9.58. The van der Waals surface area contributed by atoms with Gasteiger partial charge < -0.3 is 9.84 Å². The summed E-state index contributed by atoms with van der Waals surface area (Å²) in [6.07, 6.45) is 0.409. The molecule has 0 unspecified atom stereocenters. The second kappa shape index (κ2) is 6.19. The van der Waals surface area contributed by atoms with Crippen molar-refractivity contribution in [3.05, 3.63) is 65.0 Å². The van der Waals surface area contributed by atoms with Gasteiger partial charge in [0.25, 0.3) is 0 Å². The van der Waals surface area contributed by atoms with Crippen LogP contribution >= 0.6 is 0 Å². The fourth-order valence-corrected chi connectivity index (χ4v) is 2.10. The van der Waals surface area contributed by atoms with Gasteiger partial charge in [-0.2, -0.15) is 0 Å². The maximum Gasteiger partial charge on any atom is 0.307 e. The van der Waals surface area contributed by atoms with Crippen LogP contribution in [0.2, 0.25) is 0 Å². The number of carbonyl (C=O) groups is 1. The Balaban J connectivity index is 2.34. The van der Waals surface area contributed by atoms with Crippen LogP contribution in [0.1, 0.15) is 16.7 Å². The Morgan fingerprint density at radius 2 is 2.00 bits per heavy atom. The molecule has 20 heavy (non-hydrogen) atoms. The summed E-state index contributed by atoms with van der Waals surface area (Å²) in [7, 11) is 1.55. The first-order valence-corrected chi connectivity index (χ1v) is 6.20. The van der Waals surface area contributed by atoms with Gasteiger partial charge in [0.1, 0.15) is 11.6 Å². The molecule has 0 atom stereocenters. The summed E-state index contributed by atoms with van der Waals surface area (Å²) in [4.78, 5) is 10.9. The molecule has 4 heteroatoms. The molecule has 0 saturated heterocycles. The zero-order valence-corrected chi connectivity index (χ0v) is 11.1. The molecule has 0 fully saturated rings. The van der Waals surface area contributed by atoms with Gasteiger partial charge in [0.15, 0.2) is 0 Å². The van der Waals surface area contributed by atoms with Crippen LogP contribution in [0.15, 0.2) is 42.5 Å². The number of benzene rings is 2. The van der Waals surface area contributed by atoms with Crippen molar-refractivity contribution in [2.75, 3.05) is 7.11 Å². The number of halogens is 1. The number of aliphatic carboxylic acids is 1. The van der Waals surface area contributed by atoms with Crippen molar-refractivity contribution in [3.63, 3.8) is 0 Å². The first-order valence-electron chi connectivity index (χ1n) is 6.20. The molecule has 0 aliphatic carbocycles. The van der Waals surface area contributed by atoms with Crippen LogP contribution in [0, 0.1) is 5.82 Å². The predicted molar refractivity (Wildman–Crippen MR) is 73.5 cm³/mol. The third-order valence-electron chi connectivity index (χ3n) is 3.04. The molecule has 0 bridgehead atoms. The van der Waals surface area contributed by atoms with Crippen LogP contribution < -0.4 is 4.74 Å². The molecule has 0 aliphatic rings. The average molecular weight is 274 g/mol. The van der Waals surface area contributed by atoms with Crippen molar-refractivity contribution in [1.82, 2.24) is 0 Å². The molecule has 104 valence electrons. The molecule has 0 aliphatic heterocycles. The molecule has 0 saturated carbocycles. The fraction of sp³-hybridized carbons (Fsp3) is 0.188. The molecule has 0 spiro atoms. The molecular weight excluding hydrogens is 259 g/mol. The second-order valence-corrected chi connectivity index (χ2v) is 4.51. The average Bonchev–Trinajstić information content (AvgIpc) is 2.40. The highest BCUT2D eigenvalue weighted by Crippen LogP contribution is 2.21. The van der Waals surface area contributed by atoms with Crippen molar-refractivity contribution in [1.29, 1.82) is 0 Å². The minimum Gasteiger partial charge on any atom is -0.497 e. The smallest absolute Gasteiger partial charge is 0.307 e. The number of carboxylic acid groups (broad SMARTS) is 1. The third-order valence-corrected chi connectivity index (χ3v) is 3.04. The molecule has 2 aromatic rings. The van der Waals surface area contributed by atoms with Crippen LogP contribution in [0.4, 0.5) is 4.39 Å². The highest BCUT2D eigenvalue weighted by molar-refractivity contribution is 5.71. The van der Waals surface area contributed by atoms with E-state index in [2.05, 4.69) is 0 Å². The molecule has 3 nitrogen and oxygen atoms in total. The first kappa shape index (κ1) is 14.1. The van der Waals surface area contributed by atoms with Crippen LogP contribution in [0.5, 0.6) is 5.75 Å². The number of hydrogen-bond donors (Lipinski definition) is 1. The summed E-state index contributed by atoms with van der Waals surface area (Å²) in [6, 6.07) is 11.5. The maximum atomic E-state index is 13.2. The van der Waals surface area contributed by atoms with Crippen molar-refractivity contribution < 1.29 is 19.0 Å². The van der Waals surface area contributed by atoms with Gasteiger partial charge in [0.05, 0.1) is 13.5 Å². The van der Waals surface area contributed by atoms with Gasteiger partial charge in [0.2, 0.25) is 0 Å². The zero-order valence-electron chi connectivity index (χ0n) is 11.1. The van der Waals surface area contributed by atoms with Crippen LogP contribution in [-0.2, 0) is 17.6 Å². The Kier molecular flexibility index (Phi) is 4.35. The lowest BCUT2D eigenvalue weighted by molar-refractivity contribution is -0.136. The normalized spacial score (nSPS) is 10.3. The van der Waals surface area contributed by atoms with E-state index < -0.39 is 5.97 Å². The van der Waals surface area contributed by atoms with E-state index in [0.29, 0.717) is 17.7 Å². The lowest BCUT2D eigenvalue weighted by Crippen LogP contribution is -2.04. The summed E-state index contributed by atoms with van der Waals surface area (Å²) >= 11 is 0. The van der Waals surface area contributed by atoms with Gasteiger partial charge in [-0.05, 0) is 47.4 Å². The zero-order chi connectivity index (χ0) is 14.5. The third kappa shape index (κ3) is 3.57. The lowest BCUT2D eigenvalue weighted by Gasteiger charge is -2.10. The van der Waals surface area contributed by atoms with E-state index in [0.717, 1.165) is 11.1 Å². The minimum absolute atomic E-state index is 0.0609. The van der Waals surface area contributed by atoms with E-state index in [1.165, 1.54) is 12.1 Å². The van der Waals surface area contributed by atoms with Gasteiger partial charge in [-0.25, -0.2) is 4.39 Å². The van der Waals surface area contributed by atoms with E-state index >= 15 is 0 Å². The molecule has 0 amide bonds. The van der Waals surface area contributed by atoms with E-state index in [-0.39, 0.29) is 12.2 Å². The fourth-order valence-electron chi connectivity index (χ4n) is 2.10. The number of methoxy groups -OCH3 is 1. The number of rotatable bonds is 5. The van der Waals surface area contributed by atoms with E-state index in [4.69, 9.17) is 9.84 Å². The number of hydrogen-bond acceptors (Lipinski definition) is 2. The van der Waals surface area contributed by atoms with Gasteiger partial charge in [0, 0.05) is 0 Å². The minimum atomic E-state index is -0.893. The molecule has 2 aromatic carbocycles. The van der Waals surface area contributed by atoms with E-state index in [9.17, 15) is 9.18 Å². The van der Waals surface area contributed by atoms with Crippen LogP contribution in [0.25, 0.3) is 0 Å². The van der Waals surface area contributed by atoms with E-state index in [1.807, 2.05) is 6.07 Å². The lowest BCUT2D eigenvalue weighted by atomic mass is 9.97. The number of carboxylic acids is 1. The quantitative estimate of drug-likeness (QED) is 0.911. The molecule has 2 rings (SSSR count). The number of ether oxygens (including phenoxy) is 1. The predicted octanol–water partition coefficient (Wildman–Crippen LogP) is 3.05. The monoisotopic (exact) mass is 274 g/mol. The Morgan fingerprint density at radius 1 is 1.20 bits per heavy atom. The Bertz CT molecular complexity index is 623. The topological polar surface area (TPSA) is 46.5 Å². The molecular formula is C16H15FO3. The molecule has 1 N–H and O–H groups in total. The SMILES string of the molecule is COc1ccc(CC(=O)O)c(Cc2cccc(F)c2)c1. The summed E-state index contributed by atoms with van der Waals surface area (Å²) < 4.78 is 18.4. The van der Waals surface area contributed by atoms with Crippen molar-refractivity contribution >= 4 is 5.97 Å². The Labute approximate surface area is 116 Å². The van der Waals surface area contributed by atoms with Gasteiger partial charge >= 0.3 is 5.97 Å². The standard InChI is InChI=1S/C16H15FO3/c1-20-15-6-5-12(10-16(18)19)13(9-15)7-11-3-2-4-14(17)8-11/h2-6,8-9H,7,10H2,1H3,(H,18,19).